The van der Waals surface area contributed by atoms with Gasteiger partial charge in [0.2, 0.25) is 0 Å². The third kappa shape index (κ3) is 2.94. The second-order valence-electron chi connectivity index (χ2n) is 4.95. The van der Waals surface area contributed by atoms with Crippen LogP contribution in [0.3, 0.4) is 0 Å². The summed E-state index contributed by atoms with van der Waals surface area (Å²) >= 11 is 0. The summed E-state index contributed by atoms with van der Waals surface area (Å²) in [6, 6.07) is 5.52. The number of rotatable bonds is 5. The number of fused-ring (bicyclic) bond motifs is 1. The molecular weight excluding hydrogens is 232 g/mol. The van der Waals surface area contributed by atoms with Gasteiger partial charge in [0.15, 0.2) is 6.10 Å². The van der Waals surface area contributed by atoms with E-state index in [0.29, 0.717) is 24.7 Å². The molecule has 0 saturated heterocycles. The van der Waals surface area contributed by atoms with Crippen molar-refractivity contribution in [2.75, 3.05) is 6.61 Å². The number of aliphatic carboxylic acids is 1. The van der Waals surface area contributed by atoms with E-state index in [9.17, 15) is 4.79 Å². The van der Waals surface area contributed by atoms with E-state index in [-0.39, 0.29) is 0 Å². The highest BCUT2D eigenvalue weighted by atomic mass is 16.5. The highest BCUT2D eigenvalue weighted by molar-refractivity contribution is 5.74. The number of carboxylic acids is 1. The van der Waals surface area contributed by atoms with Crippen molar-refractivity contribution in [3.63, 3.8) is 0 Å². The Morgan fingerprint density at radius 1 is 1.56 bits per heavy atom. The molecule has 2 rings (SSSR count). The minimum atomic E-state index is -0.923. The van der Waals surface area contributed by atoms with Crippen LogP contribution in [0.1, 0.15) is 25.8 Å². The molecule has 0 radical (unpaired) electrons. The normalized spacial score (nSPS) is 17.4. The van der Waals surface area contributed by atoms with Crippen molar-refractivity contribution in [3.05, 3.63) is 23.8 Å². The van der Waals surface area contributed by atoms with Crippen LogP contribution in [0.15, 0.2) is 18.2 Å². The molecule has 98 valence electrons. The SMILES string of the molecule is CC(C)CCOc1ccc2c(c1)OC(C(=O)O)C2. The molecule has 18 heavy (non-hydrogen) atoms. The molecule has 1 N–H and O–H groups in total. The lowest BCUT2D eigenvalue weighted by molar-refractivity contribution is -0.144. The van der Waals surface area contributed by atoms with Crippen molar-refractivity contribution in [1.82, 2.24) is 0 Å². The van der Waals surface area contributed by atoms with Gasteiger partial charge in [-0.3, -0.25) is 0 Å². The summed E-state index contributed by atoms with van der Waals surface area (Å²) in [5, 5.41) is 8.90. The molecule has 0 bridgehead atoms. The molecule has 4 heteroatoms. The molecule has 1 aromatic carbocycles. The predicted octanol–water partition coefficient (Wildman–Crippen LogP) is 2.50. The van der Waals surface area contributed by atoms with E-state index >= 15 is 0 Å². The number of hydrogen-bond acceptors (Lipinski definition) is 3. The average Bonchev–Trinajstić information content (AvgIpc) is 2.71. The maximum absolute atomic E-state index is 10.8. The van der Waals surface area contributed by atoms with Crippen molar-refractivity contribution in [2.24, 2.45) is 5.92 Å². The van der Waals surface area contributed by atoms with Gasteiger partial charge in [-0.05, 0) is 24.0 Å². The highest BCUT2D eigenvalue weighted by Gasteiger charge is 2.28. The molecule has 1 atom stereocenters. The Morgan fingerprint density at radius 3 is 3.00 bits per heavy atom. The van der Waals surface area contributed by atoms with Crippen LogP contribution < -0.4 is 9.47 Å². The van der Waals surface area contributed by atoms with Crippen LogP contribution >= 0.6 is 0 Å². The molecule has 0 aliphatic carbocycles. The van der Waals surface area contributed by atoms with Gasteiger partial charge in [0.05, 0.1) is 6.61 Å². The van der Waals surface area contributed by atoms with Gasteiger partial charge < -0.3 is 14.6 Å². The fourth-order valence-corrected chi connectivity index (χ4v) is 1.85. The van der Waals surface area contributed by atoms with Crippen LogP contribution in [-0.4, -0.2) is 23.8 Å². The van der Waals surface area contributed by atoms with Crippen molar-refractivity contribution in [3.8, 4) is 11.5 Å². The second-order valence-corrected chi connectivity index (χ2v) is 4.95. The Labute approximate surface area is 107 Å². The summed E-state index contributed by atoms with van der Waals surface area (Å²) in [6.07, 6.45) is 0.665. The molecule has 4 nitrogen and oxygen atoms in total. The topological polar surface area (TPSA) is 55.8 Å². The van der Waals surface area contributed by atoms with E-state index in [2.05, 4.69) is 13.8 Å². The van der Waals surface area contributed by atoms with E-state index in [1.54, 1.807) is 6.07 Å². The van der Waals surface area contributed by atoms with Crippen molar-refractivity contribution in [2.45, 2.75) is 32.8 Å². The third-order valence-electron chi connectivity index (χ3n) is 2.95. The van der Waals surface area contributed by atoms with Crippen molar-refractivity contribution < 1.29 is 19.4 Å². The lowest BCUT2D eigenvalue weighted by Crippen LogP contribution is -2.24. The van der Waals surface area contributed by atoms with E-state index < -0.39 is 12.1 Å². The van der Waals surface area contributed by atoms with Crippen molar-refractivity contribution in [1.29, 1.82) is 0 Å². The predicted molar refractivity (Wildman–Crippen MR) is 67.1 cm³/mol. The highest BCUT2D eigenvalue weighted by Crippen LogP contribution is 2.32. The van der Waals surface area contributed by atoms with Gasteiger partial charge in [-0.15, -0.1) is 0 Å². The second kappa shape index (κ2) is 5.29. The largest absolute Gasteiger partial charge is 0.493 e. The molecule has 1 aliphatic rings. The van der Waals surface area contributed by atoms with E-state index in [0.717, 1.165) is 17.7 Å². The summed E-state index contributed by atoms with van der Waals surface area (Å²) in [5.74, 6) is 1.05. The zero-order valence-electron chi connectivity index (χ0n) is 10.7. The summed E-state index contributed by atoms with van der Waals surface area (Å²) < 4.78 is 11.0. The summed E-state index contributed by atoms with van der Waals surface area (Å²) in [5.41, 5.74) is 0.929. The van der Waals surface area contributed by atoms with Crippen LogP contribution in [0.5, 0.6) is 11.5 Å². The first-order valence-electron chi connectivity index (χ1n) is 6.21. The van der Waals surface area contributed by atoms with Crippen LogP contribution in [0.25, 0.3) is 0 Å². The first kappa shape index (κ1) is 12.7. The first-order chi connectivity index (χ1) is 8.56. The Balaban J connectivity index is 1.97. The number of carboxylic acid groups (broad SMARTS) is 1. The molecule has 1 aromatic rings. The maximum Gasteiger partial charge on any atom is 0.345 e. The molecule has 1 heterocycles. The van der Waals surface area contributed by atoms with Gasteiger partial charge in [0.25, 0.3) is 0 Å². The summed E-state index contributed by atoms with van der Waals surface area (Å²) in [4.78, 5) is 10.8. The van der Waals surface area contributed by atoms with Gasteiger partial charge in [-0.2, -0.15) is 0 Å². The van der Waals surface area contributed by atoms with E-state index in [1.165, 1.54) is 0 Å². The van der Waals surface area contributed by atoms with Gasteiger partial charge in [-0.25, -0.2) is 4.79 Å². The molecule has 1 aliphatic heterocycles. The van der Waals surface area contributed by atoms with Crippen LogP contribution in [-0.2, 0) is 11.2 Å². The number of ether oxygens (including phenoxy) is 2. The van der Waals surface area contributed by atoms with Gasteiger partial charge in [0, 0.05) is 12.5 Å². The zero-order chi connectivity index (χ0) is 13.1. The Bertz CT molecular complexity index is 439. The van der Waals surface area contributed by atoms with Crippen LogP contribution in [0, 0.1) is 5.92 Å². The molecule has 0 amide bonds. The number of carbonyl (C=O) groups is 1. The summed E-state index contributed by atoms with van der Waals surface area (Å²) in [7, 11) is 0. The van der Waals surface area contributed by atoms with Crippen LogP contribution in [0.4, 0.5) is 0 Å². The first-order valence-corrected chi connectivity index (χ1v) is 6.21. The smallest absolute Gasteiger partial charge is 0.345 e. The molecule has 0 fully saturated rings. The minimum Gasteiger partial charge on any atom is -0.493 e. The lowest BCUT2D eigenvalue weighted by atomic mass is 10.1. The fourth-order valence-electron chi connectivity index (χ4n) is 1.85. The molecular formula is C14H18O4. The number of hydrogen-bond donors (Lipinski definition) is 1. The van der Waals surface area contributed by atoms with E-state index in [1.807, 2.05) is 12.1 Å². The standard InChI is InChI=1S/C14H18O4/c1-9(2)5-6-17-11-4-3-10-7-13(14(15)16)18-12(10)8-11/h3-4,8-9,13H,5-7H2,1-2H3,(H,15,16). The third-order valence-corrected chi connectivity index (χ3v) is 2.95. The van der Waals surface area contributed by atoms with E-state index in [4.69, 9.17) is 14.6 Å². The Morgan fingerprint density at radius 2 is 2.33 bits per heavy atom. The minimum absolute atomic E-state index is 0.428. The monoisotopic (exact) mass is 250 g/mol. The quantitative estimate of drug-likeness (QED) is 0.872. The van der Waals surface area contributed by atoms with Crippen molar-refractivity contribution >= 4 is 5.97 Å². The van der Waals surface area contributed by atoms with Gasteiger partial charge >= 0.3 is 5.97 Å². The molecule has 1 unspecified atom stereocenters. The average molecular weight is 250 g/mol. The number of benzene rings is 1. The summed E-state index contributed by atoms with van der Waals surface area (Å²) in [6.45, 7) is 4.96. The van der Waals surface area contributed by atoms with Gasteiger partial charge in [0.1, 0.15) is 11.5 Å². The molecule has 0 aromatic heterocycles. The molecule has 0 spiro atoms. The lowest BCUT2D eigenvalue weighted by Gasteiger charge is -2.09. The van der Waals surface area contributed by atoms with Gasteiger partial charge in [-0.1, -0.05) is 19.9 Å². The maximum atomic E-state index is 10.8. The van der Waals surface area contributed by atoms with Crippen LogP contribution in [0.2, 0.25) is 0 Å². The Kier molecular flexibility index (Phi) is 3.75. The molecule has 0 saturated carbocycles. The fraction of sp³-hybridized carbons (Fsp3) is 0.500. The Hall–Kier alpha value is -1.71. The zero-order valence-corrected chi connectivity index (χ0v) is 10.7.